The minimum Gasteiger partial charge on any atom is -0.322 e. The van der Waals surface area contributed by atoms with Crippen molar-refractivity contribution in [3.05, 3.63) is 78.4 Å². The van der Waals surface area contributed by atoms with Crippen LogP contribution in [0.5, 0.6) is 0 Å². The SMILES string of the molecule is C=C(CC)C(=CC=CC)C(=O)Nc1ccc(-c2cccc3nc(NC(=O)C4CC4)nn23)cc1. The molecule has 2 aromatic heterocycles. The van der Waals surface area contributed by atoms with Crippen molar-refractivity contribution in [1.29, 1.82) is 0 Å². The summed E-state index contributed by atoms with van der Waals surface area (Å²) >= 11 is 0. The van der Waals surface area contributed by atoms with Crippen LogP contribution in [0.15, 0.2) is 78.4 Å². The fraction of sp³-hybridized carbons (Fsp3) is 0.231. The van der Waals surface area contributed by atoms with Gasteiger partial charge >= 0.3 is 0 Å². The van der Waals surface area contributed by atoms with E-state index in [1.54, 1.807) is 10.6 Å². The van der Waals surface area contributed by atoms with Gasteiger partial charge < -0.3 is 5.32 Å². The first-order valence-electron chi connectivity index (χ1n) is 11.1. The van der Waals surface area contributed by atoms with Crippen LogP contribution in [0.4, 0.5) is 11.6 Å². The lowest BCUT2D eigenvalue weighted by molar-refractivity contribution is -0.117. The molecule has 2 amide bonds. The number of pyridine rings is 1. The molecule has 0 atom stereocenters. The number of nitrogens with zero attached hydrogens (tertiary/aromatic N) is 3. The van der Waals surface area contributed by atoms with Crippen LogP contribution in [0.25, 0.3) is 16.9 Å². The quantitative estimate of drug-likeness (QED) is 0.374. The normalized spacial score (nSPS) is 13.9. The van der Waals surface area contributed by atoms with Crippen LogP contribution in [0.1, 0.15) is 33.1 Å². The van der Waals surface area contributed by atoms with Gasteiger partial charge in [0.2, 0.25) is 11.9 Å². The summed E-state index contributed by atoms with van der Waals surface area (Å²) in [5.41, 5.74) is 4.41. The first-order valence-corrected chi connectivity index (χ1v) is 11.1. The first kappa shape index (κ1) is 22.2. The summed E-state index contributed by atoms with van der Waals surface area (Å²) < 4.78 is 1.71. The molecule has 0 saturated heterocycles. The second-order valence-electron chi connectivity index (χ2n) is 7.97. The van der Waals surface area contributed by atoms with Crippen LogP contribution in [-0.2, 0) is 9.59 Å². The molecule has 1 aromatic carbocycles. The highest BCUT2D eigenvalue weighted by atomic mass is 16.2. The highest BCUT2D eigenvalue weighted by molar-refractivity contribution is 6.07. The largest absolute Gasteiger partial charge is 0.322 e. The third-order valence-electron chi connectivity index (χ3n) is 5.49. The summed E-state index contributed by atoms with van der Waals surface area (Å²) in [6, 6.07) is 13.2. The van der Waals surface area contributed by atoms with Gasteiger partial charge in [-0.3, -0.25) is 14.9 Å². The van der Waals surface area contributed by atoms with E-state index in [0.29, 0.717) is 29.3 Å². The molecule has 0 unspecified atom stereocenters. The van der Waals surface area contributed by atoms with Gasteiger partial charge in [-0.15, -0.1) is 5.10 Å². The molecular formula is C26H27N5O2. The van der Waals surface area contributed by atoms with Gasteiger partial charge in [0.1, 0.15) is 0 Å². The number of carbonyl (C=O) groups is 2. The zero-order chi connectivity index (χ0) is 23.4. The van der Waals surface area contributed by atoms with E-state index < -0.39 is 0 Å². The number of hydrogen-bond acceptors (Lipinski definition) is 4. The summed E-state index contributed by atoms with van der Waals surface area (Å²) in [5.74, 6) is 0.171. The van der Waals surface area contributed by atoms with Crippen LogP contribution in [-0.4, -0.2) is 26.4 Å². The number of carbonyl (C=O) groups excluding carboxylic acids is 2. The van der Waals surface area contributed by atoms with Gasteiger partial charge in [0.25, 0.3) is 5.91 Å². The third-order valence-corrected chi connectivity index (χ3v) is 5.49. The van der Waals surface area contributed by atoms with Crippen LogP contribution < -0.4 is 10.6 Å². The molecule has 7 nitrogen and oxygen atoms in total. The number of fused-ring (bicyclic) bond motifs is 1. The number of hydrogen-bond donors (Lipinski definition) is 2. The number of benzene rings is 1. The van der Waals surface area contributed by atoms with Gasteiger partial charge in [0.05, 0.1) is 5.69 Å². The molecule has 1 aliphatic rings. The maximum Gasteiger partial charge on any atom is 0.255 e. The average Bonchev–Trinajstić information content (AvgIpc) is 3.59. The maximum atomic E-state index is 12.8. The first-order chi connectivity index (χ1) is 16.0. The maximum absolute atomic E-state index is 12.8. The Kier molecular flexibility index (Phi) is 6.49. The van der Waals surface area contributed by atoms with E-state index in [2.05, 4.69) is 27.3 Å². The molecule has 2 N–H and O–H groups in total. The third kappa shape index (κ3) is 5.09. The molecule has 1 saturated carbocycles. The van der Waals surface area contributed by atoms with Crippen molar-refractivity contribution in [2.24, 2.45) is 5.92 Å². The lowest BCUT2D eigenvalue weighted by Gasteiger charge is -2.11. The van der Waals surface area contributed by atoms with Crippen molar-refractivity contribution in [3.8, 4) is 11.3 Å². The average molecular weight is 442 g/mol. The molecule has 3 aromatic rings. The fourth-order valence-corrected chi connectivity index (χ4v) is 3.39. The number of nitrogens with one attached hydrogen (secondary N) is 2. The topological polar surface area (TPSA) is 88.4 Å². The van der Waals surface area contributed by atoms with Crippen LogP contribution >= 0.6 is 0 Å². The molecule has 7 heteroatoms. The highest BCUT2D eigenvalue weighted by Crippen LogP contribution is 2.30. The molecule has 0 aliphatic heterocycles. The van der Waals surface area contributed by atoms with Crippen molar-refractivity contribution < 1.29 is 9.59 Å². The van der Waals surface area contributed by atoms with E-state index in [0.717, 1.165) is 29.7 Å². The molecule has 2 heterocycles. The number of anilines is 2. The summed E-state index contributed by atoms with van der Waals surface area (Å²) in [7, 11) is 0. The van der Waals surface area contributed by atoms with Gasteiger partial charge in [0.15, 0.2) is 5.65 Å². The van der Waals surface area contributed by atoms with Crippen LogP contribution in [0.2, 0.25) is 0 Å². The lowest BCUT2D eigenvalue weighted by atomic mass is 10.0. The zero-order valence-corrected chi connectivity index (χ0v) is 18.8. The Balaban J connectivity index is 1.54. The number of amides is 2. The van der Waals surface area contributed by atoms with Crippen molar-refractivity contribution in [2.75, 3.05) is 10.6 Å². The number of aromatic nitrogens is 3. The second-order valence-corrected chi connectivity index (χ2v) is 7.97. The predicted molar refractivity (Wildman–Crippen MR) is 131 cm³/mol. The fourth-order valence-electron chi connectivity index (χ4n) is 3.39. The Morgan fingerprint density at radius 1 is 1.15 bits per heavy atom. The lowest BCUT2D eigenvalue weighted by Crippen LogP contribution is -2.15. The summed E-state index contributed by atoms with van der Waals surface area (Å²) in [5, 5.41) is 10.2. The molecule has 0 radical (unpaired) electrons. The van der Waals surface area contributed by atoms with E-state index >= 15 is 0 Å². The Hall–Kier alpha value is -4.00. The highest BCUT2D eigenvalue weighted by Gasteiger charge is 2.30. The Morgan fingerprint density at radius 2 is 1.91 bits per heavy atom. The van der Waals surface area contributed by atoms with Gasteiger partial charge in [-0.25, -0.2) is 4.52 Å². The molecule has 0 bridgehead atoms. The summed E-state index contributed by atoms with van der Waals surface area (Å²) in [4.78, 5) is 29.2. The Bertz CT molecular complexity index is 1260. The molecule has 0 spiro atoms. The minimum atomic E-state index is -0.192. The van der Waals surface area contributed by atoms with E-state index in [1.807, 2.05) is 68.5 Å². The molecule has 1 aliphatic carbocycles. The van der Waals surface area contributed by atoms with Crippen molar-refractivity contribution in [3.63, 3.8) is 0 Å². The monoisotopic (exact) mass is 441 g/mol. The summed E-state index contributed by atoms with van der Waals surface area (Å²) in [6.07, 6.45) is 8.03. The van der Waals surface area contributed by atoms with Gasteiger partial charge in [0, 0.05) is 22.7 Å². The molecular weight excluding hydrogens is 414 g/mol. The second kappa shape index (κ2) is 9.65. The van der Waals surface area contributed by atoms with Crippen molar-refractivity contribution >= 4 is 29.1 Å². The van der Waals surface area contributed by atoms with E-state index in [4.69, 9.17) is 0 Å². The number of rotatable bonds is 8. The van der Waals surface area contributed by atoms with E-state index in [9.17, 15) is 9.59 Å². The molecule has 1 fully saturated rings. The van der Waals surface area contributed by atoms with Gasteiger partial charge in [-0.05, 0) is 62.1 Å². The van der Waals surface area contributed by atoms with Crippen molar-refractivity contribution in [2.45, 2.75) is 33.1 Å². The van der Waals surface area contributed by atoms with Gasteiger partial charge in [-0.2, -0.15) is 4.98 Å². The molecule has 33 heavy (non-hydrogen) atoms. The Labute approximate surface area is 192 Å². The van der Waals surface area contributed by atoms with E-state index in [1.165, 1.54) is 0 Å². The predicted octanol–water partition coefficient (Wildman–Crippen LogP) is 5.15. The van der Waals surface area contributed by atoms with Crippen LogP contribution in [0.3, 0.4) is 0 Å². The summed E-state index contributed by atoms with van der Waals surface area (Å²) in [6.45, 7) is 7.88. The standard InChI is InChI=1S/C26H27N5O2/c1-4-6-8-21(17(3)5-2)25(33)27-20-15-13-18(14-16-20)22-9-7-10-23-28-26(30-31(22)23)29-24(32)19-11-12-19/h4,6-10,13-16,19H,3,5,11-12H2,1-2H3,(H,27,33)(H,29,30,32). The van der Waals surface area contributed by atoms with E-state index in [-0.39, 0.29) is 17.7 Å². The number of allylic oxidation sites excluding steroid dienone is 3. The van der Waals surface area contributed by atoms with Gasteiger partial charge in [-0.1, -0.05) is 43.9 Å². The van der Waals surface area contributed by atoms with Crippen LogP contribution in [0, 0.1) is 5.92 Å². The smallest absolute Gasteiger partial charge is 0.255 e. The minimum absolute atomic E-state index is 0.0267. The Morgan fingerprint density at radius 3 is 2.58 bits per heavy atom. The molecule has 4 rings (SSSR count). The zero-order valence-electron chi connectivity index (χ0n) is 18.8. The van der Waals surface area contributed by atoms with Crippen molar-refractivity contribution in [1.82, 2.24) is 14.6 Å². The molecule has 168 valence electrons.